The zero-order valence-corrected chi connectivity index (χ0v) is 14.0. The number of anilines is 1. The minimum absolute atomic E-state index is 0.0236. The molecule has 0 aromatic heterocycles. The predicted octanol–water partition coefficient (Wildman–Crippen LogP) is 1.76. The van der Waals surface area contributed by atoms with E-state index in [1.54, 1.807) is 18.2 Å². The highest BCUT2D eigenvalue weighted by Gasteiger charge is 2.40. The maximum atomic E-state index is 14.0. The van der Waals surface area contributed by atoms with E-state index in [0.29, 0.717) is 19.0 Å². The number of nitrogens with zero attached hydrogens (tertiary/aromatic N) is 2. The van der Waals surface area contributed by atoms with Crippen LogP contribution in [0.5, 0.6) is 0 Å². The van der Waals surface area contributed by atoms with Crippen molar-refractivity contribution in [1.29, 1.82) is 0 Å². The van der Waals surface area contributed by atoms with E-state index in [1.165, 1.54) is 11.0 Å². The SMILES string of the molecule is CC1CCN(C(=O)C2CC(=O)N(c3ccccc3F)C2)C(CN)C1. The molecular weight excluding hydrogens is 309 g/mol. The smallest absolute Gasteiger partial charge is 0.228 e. The highest BCUT2D eigenvalue weighted by Crippen LogP contribution is 2.30. The first-order valence-electron chi connectivity index (χ1n) is 8.56. The van der Waals surface area contributed by atoms with Crippen LogP contribution in [0.15, 0.2) is 24.3 Å². The maximum Gasteiger partial charge on any atom is 0.228 e. The predicted molar refractivity (Wildman–Crippen MR) is 89.8 cm³/mol. The van der Waals surface area contributed by atoms with Crippen LogP contribution in [-0.2, 0) is 9.59 Å². The van der Waals surface area contributed by atoms with Crippen LogP contribution in [-0.4, -0.2) is 42.4 Å². The number of likely N-dealkylation sites (tertiary alicyclic amines) is 1. The zero-order valence-electron chi connectivity index (χ0n) is 14.0. The lowest BCUT2D eigenvalue weighted by atomic mass is 9.91. The van der Waals surface area contributed by atoms with Crippen LogP contribution in [0.3, 0.4) is 0 Å². The molecular formula is C18H24FN3O2. The average Bonchev–Trinajstić information content (AvgIpc) is 2.96. The van der Waals surface area contributed by atoms with Gasteiger partial charge in [0, 0.05) is 32.1 Å². The van der Waals surface area contributed by atoms with E-state index in [0.717, 1.165) is 12.8 Å². The second kappa shape index (κ2) is 6.89. The lowest BCUT2D eigenvalue weighted by Gasteiger charge is -2.39. The van der Waals surface area contributed by atoms with E-state index >= 15 is 0 Å². The Hall–Kier alpha value is -1.95. The molecule has 0 radical (unpaired) electrons. The minimum Gasteiger partial charge on any atom is -0.338 e. The Balaban J connectivity index is 1.73. The van der Waals surface area contributed by atoms with Gasteiger partial charge in [0.15, 0.2) is 0 Å². The average molecular weight is 333 g/mol. The fourth-order valence-electron chi connectivity index (χ4n) is 3.78. The minimum atomic E-state index is -0.439. The summed E-state index contributed by atoms with van der Waals surface area (Å²) >= 11 is 0. The van der Waals surface area contributed by atoms with E-state index in [2.05, 4.69) is 6.92 Å². The molecule has 1 aromatic rings. The van der Waals surface area contributed by atoms with Crippen LogP contribution in [0.25, 0.3) is 0 Å². The Morgan fingerprint density at radius 3 is 2.83 bits per heavy atom. The first kappa shape index (κ1) is 16.9. The van der Waals surface area contributed by atoms with Crippen molar-refractivity contribution in [3.63, 3.8) is 0 Å². The molecule has 2 heterocycles. The van der Waals surface area contributed by atoms with Crippen molar-refractivity contribution in [2.24, 2.45) is 17.6 Å². The molecule has 0 saturated carbocycles. The molecule has 3 rings (SSSR count). The van der Waals surface area contributed by atoms with Crippen molar-refractivity contribution in [3.05, 3.63) is 30.1 Å². The van der Waals surface area contributed by atoms with Crippen LogP contribution >= 0.6 is 0 Å². The van der Waals surface area contributed by atoms with Crippen LogP contribution < -0.4 is 10.6 Å². The van der Waals surface area contributed by atoms with Crippen molar-refractivity contribution in [3.8, 4) is 0 Å². The topological polar surface area (TPSA) is 66.6 Å². The quantitative estimate of drug-likeness (QED) is 0.917. The number of rotatable bonds is 3. The van der Waals surface area contributed by atoms with Crippen molar-refractivity contribution in [2.45, 2.75) is 32.2 Å². The third-order valence-corrected chi connectivity index (χ3v) is 5.15. The molecule has 0 bridgehead atoms. The van der Waals surface area contributed by atoms with E-state index in [9.17, 15) is 14.0 Å². The second-order valence-electron chi connectivity index (χ2n) is 6.91. The van der Waals surface area contributed by atoms with Gasteiger partial charge in [-0.2, -0.15) is 0 Å². The number of halogens is 1. The Kier molecular flexibility index (Phi) is 4.85. The molecule has 1 aromatic carbocycles. The fraction of sp³-hybridized carbons (Fsp3) is 0.556. The summed E-state index contributed by atoms with van der Waals surface area (Å²) in [5.41, 5.74) is 6.09. The molecule has 2 aliphatic rings. The summed E-state index contributed by atoms with van der Waals surface area (Å²) in [6.45, 7) is 3.53. The van der Waals surface area contributed by atoms with Crippen LogP contribution in [0.4, 0.5) is 10.1 Å². The normalized spacial score (nSPS) is 27.6. The summed E-state index contributed by atoms with van der Waals surface area (Å²) < 4.78 is 14.0. The van der Waals surface area contributed by atoms with Gasteiger partial charge in [-0.25, -0.2) is 4.39 Å². The van der Waals surface area contributed by atoms with Gasteiger partial charge in [0.1, 0.15) is 5.82 Å². The number of carbonyl (C=O) groups is 2. The number of para-hydroxylation sites is 1. The van der Waals surface area contributed by atoms with E-state index < -0.39 is 11.7 Å². The molecule has 0 spiro atoms. The number of hydrogen-bond acceptors (Lipinski definition) is 3. The van der Waals surface area contributed by atoms with Crippen molar-refractivity contribution in [2.75, 3.05) is 24.5 Å². The Bertz CT molecular complexity index is 636. The van der Waals surface area contributed by atoms with Crippen molar-refractivity contribution >= 4 is 17.5 Å². The molecule has 6 heteroatoms. The van der Waals surface area contributed by atoms with Gasteiger partial charge >= 0.3 is 0 Å². The summed E-state index contributed by atoms with van der Waals surface area (Å²) in [6, 6.07) is 6.22. The van der Waals surface area contributed by atoms with Gasteiger partial charge in [-0.1, -0.05) is 19.1 Å². The summed E-state index contributed by atoms with van der Waals surface area (Å²) in [7, 11) is 0. The van der Waals surface area contributed by atoms with Gasteiger partial charge in [-0.15, -0.1) is 0 Å². The van der Waals surface area contributed by atoms with Gasteiger partial charge in [-0.3, -0.25) is 9.59 Å². The summed E-state index contributed by atoms with van der Waals surface area (Å²) in [6.07, 6.45) is 2.00. The van der Waals surface area contributed by atoms with Crippen LogP contribution in [0.2, 0.25) is 0 Å². The first-order valence-corrected chi connectivity index (χ1v) is 8.56. The molecule has 24 heavy (non-hydrogen) atoms. The molecule has 2 fully saturated rings. The molecule has 0 aliphatic carbocycles. The third-order valence-electron chi connectivity index (χ3n) is 5.15. The Morgan fingerprint density at radius 2 is 2.12 bits per heavy atom. The maximum absolute atomic E-state index is 14.0. The van der Waals surface area contributed by atoms with Gasteiger partial charge in [0.2, 0.25) is 11.8 Å². The summed E-state index contributed by atoms with van der Waals surface area (Å²) in [5, 5.41) is 0. The molecule has 5 nitrogen and oxygen atoms in total. The highest BCUT2D eigenvalue weighted by molar-refractivity contribution is 6.00. The fourth-order valence-corrected chi connectivity index (χ4v) is 3.78. The van der Waals surface area contributed by atoms with E-state index in [1.807, 2.05) is 4.90 Å². The molecule has 3 unspecified atom stereocenters. The number of benzene rings is 1. The van der Waals surface area contributed by atoms with Gasteiger partial charge in [-0.05, 0) is 30.9 Å². The molecule has 2 N–H and O–H groups in total. The second-order valence-corrected chi connectivity index (χ2v) is 6.91. The number of carbonyl (C=O) groups excluding carboxylic acids is 2. The van der Waals surface area contributed by atoms with Crippen LogP contribution in [0.1, 0.15) is 26.2 Å². The van der Waals surface area contributed by atoms with Gasteiger partial charge < -0.3 is 15.5 Å². The zero-order chi connectivity index (χ0) is 17.3. The largest absolute Gasteiger partial charge is 0.338 e. The number of hydrogen-bond donors (Lipinski definition) is 1. The Labute approximate surface area is 141 Å². The molecule has 2 saturated heterocycles. The molecule has 130 valence electrons. The Morgan fingerprint density at radius 1 is 1.38 bits per heavy atom. The van der Waals surface area contributed by atoms with Gasteiger partial charge in [0.25, 0.3) is 0 Å². The van der Waals surface area contributed by atoms with E-state index in [4.69, 9.17) is 5.73 Å². The standard InChI is InChI=1S/C18H24FN3O2/c1-12-6-7-21(14(8-12)10-20)18(24)13-9-17(23)22(11-13)16-5-3-2-4-15(16)19/h2-5,12-14H,6-11,20H2,1H3. The molecule has 2 amide bonds. The third kappa shape index (κ3) is 3.15. The van der Waals surface area contributed by atoms with E-state index in [-0.39, 0.29) is 36.5 Å². The lowest BCUT2D eigenvalue weighted by Crippen LogP contribution is -2.51. The number of nitrogens with two attached hydrogens (primary N) is 1. The summed E-state index contributed by atoms with van der Waals surface area (Å²) in [5.74, 6) is -0.523. The monoisotopic (exact) mass is 333 g/mol. The lowest BCUT2D eigenvalue weighted by molar-refractivity contribution is -0.139. The van der Waals surface area contributed by atoms with Crippen molar-refractivity contribution < 1.29 is 14.0 Å². The van der Waals surface area contributed by atoms with Gasteiger partial charge in [0.05, 0.1) is 11.6 Å². The molecule has 3 atom stereocenters. The highest BCUT2D eigenvalue weighted by atomic mass is 19.1. The van der Waals surface area contributed by atoms with Crippen molar-refractivity contribution in [1.82, 2.24) is 4.90 Å². The molecule has 2 aliphatic heterocycles. The van der Waals surface area contributed by atoms with Crippen LogP contribution in [0, 0.1) is 17.7 Å². The summed E-state index contributed by atoms with van der Waals surface area (Å²) in [4.78, 5) is 28.4. The number of amides is 2. The number of piperidine rings is 1. The first-order chi connectivity index (χ1) is 11.5.